The number of hydrogen-bond acceptors (Lipinski definition) is 3. The van der Waals surface area contributed by atoms with Crippen LogP contribution in [0.15, 0.2) is 58.5 Å². The highest BCUT2D eigenvalue weighted by molar-refractivity contribution is 7.89. The summed E-state index contributed by atoms with van der Waals surface area (Å²) in [6, 6.07) is 13.8. The summed E-state index contributed by atoms with van der Waals surface area (Å²) < 4.78 is 24.1. The first-order valence-corrected chi connectivity index (χ1v) is 7.85. The number of nitrogens with zero attached hydrogens (tertiary/aromatic N) is 1. The predicted octanol–water partition coefficient (Wildman–Crippen LogP) is 1.90. The zero-order valence-electron chi connectivity index (χ0n) is 11.9. The lowest BCUT2D eigenvalue weighted by Gasteiger charge is -2.06. The molecule has 21 heavy (non-hydrogen) atoms. The molecule has 2 aromatic carbocycles. The predicted molar refractivity (Wildman–Crippen MR) is 83.4 cm³/mol. The minimum atomic E-state index is -3.71. The van der Waals surface area contributed by atoms with E-state index in [9.17, 15) is 8.42 Å². The third kappa shape index (κ3) is 3.82. The van der Waals surface area contributed by atoms with Crippen LogP contribution in [0.2, 0.25) is 0 Å². The van der Waals surface area contributed by atoms with E-state index in [4.69, 9.17) is 5.73 Å². The summed E-state index contributed by atoms with van der Waals surface area (Å²) in [5, 5.41) is 3.75. The van der Waals surface area contributed by atoms with Crippen molar-refractivity contribution in [2.24, 2.45) is 10.8 Å². The Labute approximate surface area is 124 Å². The molecule has 0 heterocycles. The van der Waals surface area contributed by atoms with Gasteiger partial charge in [-0.05, 0) is 26.0 Å². The largest absolute Gasteiger partial charge is 0.382 e. The summed E-state index contributed by atoms with van der Waals surface area (Å²) in [5.41, 5.74) is 8.51. The topological polar surface area (TPSA) is 84.5 Å². The third-order valence-electron chi connectivity index (χ3n) is 2.96. The SMILES string of the molecule is Cc1ccc(/C(N)=N/NS(=O)(=O)c2ccc(C)cc2)cc1. The van der Waals surface area contributed by atoms with Crippen molar-refractivity contribution in [2.75, 3.05) is 0 Å². The van der Waals surface area contributed by atoms with Gasteiger partial charge >= 0.3 is 0 Å². The van der Waals surface area contributed by atoms with Crippen molar-refractivity contribution in [3.8, 4) is 0 Å². The van der Waals surface area contributed by atoms with Crippen LogP contribution in [0.5, 0.6) is 0 Å². The van der Waals surface area contributed by atoms with Crippen molar-refractivity contribution in [1.82, 2.24) is 4.83 Å². The molecule has 0 bridgehead atoms. The van der Waals surface area contributed by atoms with Crippen molar-refractivity contribution in [2.45, 2.75) is 18.7 Å². The normalized spacial score (nSPS) is 12.2. The van der Waals surface area contributed by atoms with E-state index in [1.54, 1.807) is 24.3 Å². The van der Waals surface area contributed by atoms with E-state index in [0.717, 1.165) is 11.1 Å². The number of hydrogen-bond donors (Lipinski definition) is 2. The average Bonchev–Trinajstić information content (AvgIpc) is 2.46. The third-order valence-corrected chi connectivity index (χ3v) is 4.19. The zero-order valence-corrected chi connectivity index (χ0v) is 12.7. The van der Waals surface area contributed by atoms with Gasteiger partial charge in [0.1, 0.15) is 0 Å². The Hall–Kier alpha value is -2.34. The average molecular weight is 303 g/mol. The standard InChI is InChI=1S/C15H17N3O2S/c1-11-3-7-13(8-4-11)15(16)17-18-21(19,20)14-9-5-12(2)6-10-14/h3-10,18H,1-2H3,(H2,16,17). The van der Waals surface area contributed by atoms with Gasteiger partial charge in [0.05, 0.1) is 4.90 Å². The Morgan fingerprint density at radius 2 is 1.43 bits per heavy atom. The lowest BCUT2D eigenvalue weighted by molar-refractivity contribution is 0.584. The van der Waals surface area contributed by atoms with E-state index >= 15 is 0 Å². The summed E-state index contributed by atoms with van der Waals surface area (Å²) in [6.45, 7) is 3.84. The minimum Gasteiger partial charge on any atom is -0.382 e. The number of aryl methyl sites for hydroxylation is 2. The van der Waals surface area contributed by atoms with Gasteiger partial charge in [-0.15, -0.1) is 5.10 Å². The van der Waals surface area contributed by atoms with Gasteiger partial charge in [-0.25, -0.2) is 0 Å². The van der Waals surface area contributed by atoms with Crippen LogP contribution in [0.25, 0.3) is 0 Å². The van der Waals surface area contributed by atoms with Crippen molar-refractivity contribution in [1.29, 1.82) is 0 Å². The highest BCUT2D eigenvalue weighted by Gasteiger charge is 2.12. The maximum Gasteiger partial charge on any atom is 0.276 e. The molecule has 0 aliphatic rings. The molecule has 5 nitrogen and oxygen atoms in total. The number of benzene rings is 2. The quantitative estimate of drug-likeness (QED) is 0.514. The number of rotatable bonds is 4. The zero-order chi connectivity index (χ0) is 15.5. The molecule has 0 fully saturated rings. The summed E-state index contributed by atoms with van der Waals surface area (Å²) in [6.07, 6.45) is 0. The second-order valence-electron chi connectivity index (χ2n) is 4.77. The molecule has 0 spiro atoms. The fourth-order valence-electron chi connectivity index (χ4n) is 1.67. The Bertz CT molecular complexity index is 749. The van der Waals surface area contributed by atoms with Crippen LogP contribution < -0.4 is 10.6 Å². The molecule has 0 radical (unpaired) electrons. The minimum absolute atomic E-state index is 0.116. The first-order valence-electron chi connectivity index (χ1n) is 6.37. The second-order valence-corrected chi connectivity index (χ2v) is 6.43. The van der Waals surface area contributed by atoms with Gasteiger partial charge in [0.2, 0.25) is 0 Å². The van der Waals surface area contributed by atoms with Gasteiger partial charge in [-0.3, -0.25) is 0 Å². The van der Waals surface area contributed by atoms with E-state index in [-0.39, 0.29) is 10.7 Å². The molecule has 110 valence electrons. The van der Waals surface area contributed by atoms with Gasteiger partial charge in [0, 0.05) is 5.56 Å². The lowest BCUT2D eigenvalue weighted by Crippen LogP contribution is -2.24. The molecule has 0 unspecified atom stereocenters. The van der Waals surface area contributed by atoms with Crippen molar-refractivity contribution in [3.05, 3.63) is 65.2 Å². The highest BCUT2D eigenvalue weighted by Crippen LogP contribution is 2.10. The number of nitrogens with two attached hydrogens (primary N) is 1. The lowest BCUT2D eigenvalue weighted by atomic mass is 10.1. The number of sulfonamides is 1. The van der Waals surface area contributed by atoms with Crippen LogP contribution in [-0.4, -0.2) is 14.3 Å². The maximum absolute atomic E-state index is 12.1. The van der Waals surface area contributed by atoms with Gasteiger partial charge in [-0.2, -0.15) is 13.2 Å². The summed E-state index contributed by atoms with van der Waals surface area (Å²) >= 11 is 0. The van der Waals surface area contributed by atoms with Crippen LogP contribution in [0, 0.1) is 13.8 Å². The molecule has 0 saturated carbocycles. The Balaban J connectivity index is 2.18. The molecule has 0 aliphatic heterocycles. The first kappa shape index (κ1) is 15.1. The smallest absolute Gasteiger partial charge is 0.276 e. The second kappa shape index (κ2) is 5.97. The maximum atomic E-state index is 12.1. The van der Waals surface area contributed by atoms with Crippen LogP contribution in [0.4, 0.5) is 0 Å². The van der Waals surface area contributed by atoms with Crippen LogP contribution in [0.1, 0.15) is 16.7 Å². The molecular weight excluding hydrogens is 286 g/mol. The molecule has 2 rings (SSSR count). The molecule has 2 aromatic rings. The first-order chi connectivity index (χ1) is 9.88. The number of nitrogens with one attached hydrogen (secondary N) is 1. The van der Waals surface area contributed by atoms with E-state index in [2.05, 4.69) is 9.93 Å². The Morgan fingerprint density at radius 1 is 0.952 bits per heavy atom. The van der Waals surface area contributed by atoms with E-state index in [0.29, 0.717) is 5.56 Å². The summed E-state index contributed by atoms with van der Waals surface area (Å²) in [5.74, 6) is 0.116. The van der Waals surface area contributed by atoms with Gasteiger partial charge in [0.15, 0.2) is 5.84 Å². The molecule has 3 N–H and O–H groups in total. The molecule has 0 amide bonds. The fourth-order valence-corrected chi connectivity index (χ4v) is 2.49. The highest BCUT2D eigenvalue weighted by atomic mass is 32.2. The van der Waals surface area contributed by atoms with Crippen molar-refractivity contribution >= 4 is 15.9 Å². The van der Waals surface area contributed by atoms with Crippen molar-refractivity contribution < 1.29 is 8.42 Å². The Morgan fingerprint density at radius 3 is 1.95 bits per heavy atom. The molecule has 0 saturated heterocycles. The van der Waals surface area contributed by atoms with Gasteiger partial charge in [0.25, 0.3) is 10.0 Å². The van der Waals surface area contributed by atoms with Crippen molar-refractivity contribution in [3.63, 3.8) is 0 Å². The molecular formula is C15H17N3O2S. The van der Waals surface area contributed by atoms with Gasteiger partial charge in [-0.1, -0.05) is 47.5 Å². The Kier molecular flexibility index (Phi) is 4.28. The molecule has 6 heteroatoms. The van der Waals surface area contributed by atoms with Crippen LogP contribution in [0.3, 0.4) is 0 Å². The van der Waals surface area contributed by atoms with Gasteiger partial charge < -0.3 is 5.73 Å². The number of amidine groups is 1. The molecule has 0 atom stereocenters. The van der Waals surface area contributed by atoms with Crippen LogP contribution in [-0.2, 0) is 10.0 Å². The monoisotopic (exact) mass is 303 g/mol. The summed E-state index contributed by atoms with van der Waals surface area (Å²) in [4.78, 5) is 2.29. The fraction of sp³-hybridized carbons (Fsp3) is 0.133. The van der Waals surface area contributed by atoms with E-state index in [1.807, 2.05) is 26.0 Å². The van der Waals surface area contributed by atoms with Crippen LogP contribution >= 0.6 is 0 Å². The molecule has 0 aromatic heterocycles. The van der Waals surface area contributed by atoms with E-state index in [1.165, 1.54) is 12.1 Å². The number of hydrazone groups is 1. The van der Waals surface area contributed by atoms with E-state index < -0.39 is 10.0 Å². The summed E-state index contributed by atoms with van der Waals surface area (Å²) in [7, 11) is -3.71. The molecule has 0 aliphatic carbocycles.